The summed E-state index contributed by atoms with van der Waals surface area (Å²) in [6.45, 7) is 8.50. The lowest BCUT2D eigenvalue weighted by Gasteiger charge is -2.35. The average molecular weight is 1260 g/mol. The van der Waals surface area contributed by atoms with Gasteiger partial charge in [-0.05, 0) is 154 Å². The average Bonchev–Trinajstić information content (AvgIpc) is 1.50. The molecule has 4 aliphatic rings. The molecule has 0 fully saturated rings. The number of aliphatic hydroxyl groups excluding tert-OH is 1. The molecular formula is C80H52N4O4S4. The first-order chi connectivity index (χ1) is 44.8. The highest BCUT2D eigenvalue weighted by molar-refractivity contribution is 7.25. The fourth-order valence-corrected chi connectivity index (χ4v) is 19.2. The third kappa shape index (κ3) is 8.54. The van der Waals surface area contributed by atoms with Gasteiger partial charge < -0.3 is 14.6 Å². The number of rotatable bonds is 10. The number of carbonyl (C=O) groups excluding carboxylic acids is 1. The Bertz CT molecular complexity index is 5180. The molecule has 1 unspecified atom stereocenters. The molecule has 440 valence electrons. The van der Waals surface area contributed by atoms with E-state index in [0.29, 0.717) is 56.0 Å². The largest absolute Gasteiger partial charge is 0.495 e. The van der Waals surface area contributed by atoms with Crippen LogP contribution >= 0.6 is 45.3 Å². The number of hydrogen-bond acceptors (Lipinski definition) is 12. The molecule has 7 aromatic carbocycles. The summed E-state index contributed by atoms with van der Waals surface area (Å²) in [7, 11) is 3.35. The van der Waals surface area contributed by atoms with E-state index in [-0.39, 0.29) is 16.9 Å². The molecule has 15 rings (SSSR count). The van der Waals surface area contributed by atoms with Crippen molar-refractivity contribution >= 4 is 74.4 Å². The standard InChI is InChI=1S/C80H52N4O4S4/c1-43-15-23-49(24-16-43)79(50-25-17-44(2)18-26-50)63-35-60-64(36-59(63)75-65(79)37-69(91-75)77-67(87-5)33-53(89-77)31-61-71(47(39-81)40-82)55-11-7-9-13-57(55)73(61)85)80(51-27-19-45(3)20-28-51,52-29-21-46(4)22-30-52)66-38-70(92-76(60)66)78-68(88-6)34-54(90-78)32-62-72(48(41-83)42-84)56-12-8-10-14-58(56)74(62)86/h7-38,73,85H,1-6H3/b61-31-,62-32-. The first-order valence-corrected chi connectivity index (χ1v) is 33.1. The lowest BCUT2D eigenvalue weighted by molar-refractivity contribution is 0.104. The summed E-state index contributed by atoms with van der Waals surface area (Å²) in [6.07, 6.45) is 2.65. The zero-order valence-corrected chi connectivity index (χ0v) is 53.9. The molecule has 1 atom stereocenters. The van der Waals surface area contributed by atoms with Gasteiger partial charge in [0.2, 0.25) is 0 Å². The van der Waals surface area contributed by atoms with Crippen LogP contribution < -0.4 is 9.47 Å². The molecule has 4 heterocycles. The van der Waals surface area contributed by atoms with Crippen LogP contribution in [-0.4, -0.2) is 25.1 Å². The van der Waals surface area contributed by atoms with Gasteiger partial charge in [0.1, 0.15) is 53.0 Å². The predicted molar refractivity (Wildman–Crippen MR) is 370 cm³/mol. The summed E-state index contributed by atoms with van der Waals surface area (Å²) in [5.74, 6) is 1.06. The van der Waals surface area contributed by atoms with Gasteiger partial charge in [-0.3, -0.25) is 4.79 Å². The van der Waals surface area contributed by atoms with Gasteiger partial charge in [-0.2, -0.15) is 21.0 Å². The summed E-state index contributed by atoms with van der Waals surface area (Å²) in [6, 6.07) is 72.4. The fraction of sp³-hybridized carbons (Fsp3) is 0.113. The highest BCUT2D eigenvalue weighted by Crippen LogP contribution is 2.67. The lowest BCUT2D eigenvalue weighted by Crippen LogP contribution is -2.30. The molecule has 92 heavy (non-hydrogen) atoms. The second-order valence-electron chi connectivity index (χ2n) is 23.7. The SMILES string of the molecule is COc1cc(/C=C2\C(=O)c3ccccc3C2=C(C#N)C#N)sc1-c1cc2c(s1)-c1cc3c(cc1C2(c1ccc(C)cc1)c1ccc(C)cc1)-c1sc(-c2sc(/C=C4/C(=C(C#N)C#N)c5ccccc5C4O)cc2OC)cc1C3(c1ccc(C)cc1)c1ccc(C)cc1. The van der Waals surface area contributed by atoms with E-state index in [1.165, 1.54) is 11.3 Å². The first kappa shape index (κ1) is 57.9. The van der Waals surface area contributed by atoms with E-state index < -0.39 is 16.9 Å². The number of thiophene rings is 4. The number of nitriles is 4. The molecule has 4 aliphatic carbocycles. The highest BCUT2D eigenvalue weighted by atomic mass is 32.1. The van der Waals surface area contributed by atoms with E-state index in [4.69, 9.17) is 9.47 Å². The monoisotopic (exact) mass is 1260 g/mol. The van der Waals surface area contributed by atoms with Crippen molar-refractivity contribution < 1.29 is 19.4 Å². The molecule has 8 nitrogen and oxygen atoms in total. The second-order valence-corrected chi connectivity index (χ2v) is 27.9. The van der Waals surface area contributed by atoms with Crippen LogP contribution in [0.4, 0.5) is 0 Å². The molecular weight excluding hydrogens is 1210 g/mol. The normalized spacial score (nSPS) is 15.8. The second kappa shape index (κ2) is 22.2. The zero-order chi connectivity index (χ0) is 63.5. The van der Waals surface area contributed by atoms with Crippen molar-refractivity contribution in [1.29, 1.82) is 21.0 Å². The van der Waals surface area contributed by atoms with Crippen molar-refractivity contribution in [2.45, 2.75) is 44.6 Å². The van der Waals surface area contributed by atoms with Gasteiger partial charge in [-0.25, -0.2) is 0 Å². The predicted octanol–water partition coefficient (Wildman–Crippen LogP) is 19.3. The third-order valence-corrected chi connectivity index (χ3v) is 23.4. The molecule has 12 heteroatoms. The maximum absolute atomic E-state index is 14.2. The van der Waals surface area contributed by atoms with Gasteiger partial charge in [-0.15, -0.1) is 45.3 Å². The number of ether oxygens (including phenoxy) is 2. The van der Waals surface area contributed by atoms with Crippen LogP contribution in [0.5, 0.6) is 11.5 Å². The molecule has 0 bridgehead atoms. The maximum atomic E-state index is 14.2. The smallest absolute Gasteiger partial charge is 0.194 e. The maximum Gasteiger partial charge on any atom is 0.194 e. The van der Waals surface area contributed by atoms with Crippen LogP contribution in [0.1, 0.15) is 110 Å². The molecule has 11 aromatic rings. The quantitative estimate of drug-likeness (QED) is 0.105. The number of carbonyl (C=O) groups is 1. The van der Waals surface area contributed by atoms with E-state index in [1.54, 1.807) is 72.5 Å². The summed E-state index contributed by atoms with van der Waals surface area (Å²) in [5.41, 5.74) is 18.0. The van der Waals surface area contributed by atoms with Crippen molar-refractivity contribution in [1.82, 2.24) is 0 Å². The van der Waals surface area contributed by atoms with Gasteiger partial charge in [-0.1, -0.05) is 168 Å². The van der Waals surface area contributed by atoms with Gasteiger partial charge in [0, 0.05) is 51.5 Å². The van der Waals surface area contributed by atoms with Crippen molar-refractivity contribution in [2.24, 2.45) is 0 Å². The number of aryl methyl sites for hydroxylation is 4. The minimum Gasteiger partial charge on any atom is -0.495 e. The number of allylic oxidation sites excluding steroid dienone is 4. The topological polar surface area (TPSA) is 151 Å². The Kier molecular flexibility index (Phi) is 13.9. The Labute approximate surface area is 549 Å². The van der Waals surface area contributed by atoms with Crippen molar-refractivity contribution in [3.63, 3.8) is 0 Å². The number of nitrogens with zero attached hydrogens (tertiary/aromatic N) is 4. The molecule has 0 saturated carbocycles. The minimum absolute atomic E-state index is 0.0597. The molecule has 4 aromatic heterocycles. The van der Waals surface area contributed by atoms with Crippen LogP contribution in [0, 0.1) is 73.0 Å². The van der Waals surface area contributed by atoms with Crippen molar-refractivity contribution in [3.8, 4) is 76.2 Å². The Hall–Kier alpha value is -10.5. The van der Waals surface area contributed by atoms with E-state index in [9.17, 15) is 30.9 Å². The summed E-state index contributed by atoms with van der Waals surface area (Å²) >= 11 is 6.53. The van der Waals surface area contributed by atoms with E-state index in [0.717, 1.165) is 117 Å². The molecule has 0 aliphatic heterocycles. The first-order valence-electron chi connectivity index (χ1n) is 29.9. The minimum atomic E-state index is -1.04. The number of Topliss-reactive ketones (excluding diaryl/α,β-unsaturated/α-hetero) is 1. The number of aliphatic hydroxyl groups is 1. The fourth-order valence-electron chi connectivity index (χ4n) is 14.3. The Balaban J connectivity index is 0.979. The van der Waals surface area contributed by atoms with Crippen LogP contribution in [0.3, 0.4) is 0 Å². The van der Waals surface area contributed by atoms with Crippen LogP contribution in [-0.2, 0) is 10.8 Å². The van der Waals surface area contributed by atoms with Gasteiger partial charge >= 0.3 is 0 Å². The van der Waals surface area contributed by atoms with Gasteiger partial charge in [0.05, 0.1) is 34.8 Å². The number of benzene rings is 7. The van der Waals surface area contributed by atoms with Crippen molar-refractivity contribution in [2.75, 3.05) is 14.2 Å². The Morgan fingerprint density at radius 1 is 0.446 bits per heavy atom. The molecule has 1 N–H and O–H groups in total. The number of hydrogen-bond donors (Lipinski definition) is 1. The molecule has 0 radical (unpaired) electrons. The van der Waals surface area contributed by atoms with E-state index >= 15 is 0 Å². The number of fused-ring (bicyclic) bond motifs is 8. The zero-order valence-electron chi connectivity index (χ0n) is 50.6. The number of methoxy groups -OCH3 is 2. The van der Waals surface area contributed by atoms with Gasteiger partial charge in [0.15, 0.2) is 5.78 Å². The lowest BCUT2D eigenvalue weighted by atomic mass is 9.65. The summed E-state index contributed by atoms with van der Waals surface area (Å²) in [4.78, 5) is 21.8. The number of ketones is 1. The van der Waals surface area contributed by atoms with Crippen LogP contribution in [0.15, 0.2) is 204 Å². The van der Waals surface area contributed by atoms with E-state index in [2.05, 4.69) is 173 Å². The third-order valence-electron chi connectivity index (χ3n) is 18.6. The van der Waals surface area contributed by atoms with Crippen LogP contribution in [0.25, 0.3) is 63.7 Å². The summed E-state index contributed by atoms with van der Waals surface area (Å²) in [5, 5.41) is 52.7. The molecule has 0 amide bonds. The van der Waals surface area contributed by atoms with Crippen molar-refractivity contribution in [3.05, 3.63) is 303 Å². The van der Waals surface area contributed by atoms with Gasteiger partial charge in [0.25, 0.3) is 0 Å². The molecule has 0 saturated heterocycles. The Morgan fingerprint density at radius 2 is 0.837 bits per heavy atom. The van der Waals surface area contributed by atoms with Crippen LogP contribution in [0.2, 0.25) is 0 Å². The highest BCUT2D eigenvalue weighted by Gasteiger charge is 2.53. The Morgan fingerprint density at radius 3 is 1.26 bits per heavy atom. The summed E-state index contributed by atoms with van der Waals surface area (Å²) < 4.78 is 12.6. The molecule has 0 spiro atoms. The van der Waals surface area contributed by atoms with E-state index in [1.807, 2.05) is 48.5 Å².